The molecule has 0 saturated carbocycles. The lowest BCUT2D eigenvalue weighted by Gasteiger charge is -2.21. The van der Waals surface area contributed by atoms with Gasteiger partial charge in [0.1, 0.15) is 0 Å². The zero-order valence-corrected chi connectivity index (χ0v) is 11.0. The van der Waals surface area contributed by atoms with Crippen LogP contribution in [0.25, 0.3) is 0 Å². The maximum atomic E-state index is 9.48. The summed E-state index contributed by atoms with van der Waals surface area (Å²) in [4.78, 5) is 8.32. The van der Waals surface area contributed by atoms with Crippen molar-refractivity contribution < 1.29 is 5.11 Å². The van der Waals surface area contributed by atoms with E-state index in [2.05, 4.69) is 27.4 Å². The predicted molar refractivity (Wildman–Crippen MR) is 74.6 cm³/mol. The lowest BCUT2D eigenvalue weighted by Crippen LogP contribution is -2.36. The van der Waals surface area contributed by atoms with E-state index >= 15 is 0 Å². The summed E-state index contributed by atoms with van der Waals surface area (Å²) in [7, 11) is 0. The van der Waals surface area contributed by atoms with Gasteiger partial charge >= 0.3 is 0 Å². The molecule has 0 amide bonds. The minimum Gasteiger partial charge on any atom is -0.395 e. The van der Waals surface area contributed by atoms with Gasteiger partial charge in [-0.05, 0) is 18.9 Å². The molecule has 1 aromatic heterocycles. The van der Waals surface area contributed by atoms with Crippen molar-refractivity contribution >= 4 is 0 Å². The van der Waals surface area contributed by atoms with Crippen LogP contribution in [-0.4, -0.2) is 27.7 Å². The molecule has 0 aliphatic rings. The second-order valence-electron chi connectivity index (χ2n) is 4.59. The highest BCUT2D eigenvalue weighted by molar-refractivity contribution is 5.16. The normalized spacial score (nSPS) is 14.0. The minimum absolute atomic E-state index is 0.0133. The molecule has 0 fully saturated rings. The van der Waals surface area contributed by atoms with Crippen LogP contribution in [0.5, 0.6) is 0 Å². The third-order valence-electron chi connectivity index (χ3n) is 3.06. The van der Waals surface area contributed by atoms with Crippen LogP contribution < -0.4 is 5.32 Å². The standard InChI is InChI=1S/C15H19N3O/c1-12(15-10-16-7-8-17-15)18-14(11-19)9-13-5-3-2-4-6-13/h2-8,10,12,14,18-19H,9,11H2,1H3/t12?,14-/m0/s1. The largest absolute Gasteiger partial charge is 0.395 e. The highest BCUT2D eigenvalue weighted by Crippen LogP contribution is 2.10. The maximum Gasteiger partial charge on any atom is 0.0753 e. The summed E-state index contributed by atoms with van der Waals surface area (Å²) in [5, 5.41) is 12.9. The molecule has 0 bridgehead atoms. The Kier molecular flexibility index (Phi) is 5.01. The molecule has 0 saturated heterocycles. The van der Waals surface area contributed by atoms with E-state index in [1.54, 1.807) is 18.6 Å². The van der Waals surface area contributed by atoms with E-state index < -0.39 is 0 Å². The SMILES string of the molecule is CC(N[C@H](CO)Cc1ccccc1)c1cnccn1. The van der Waals surface area contributed by atoms with E-state index in [9.17, 15) is 5.11 Å². The fourth-order valence-corrected chi connectivity index (χ4v) is 2.05. The lowest BCUT2D eigenvalue weighted by molar-refractivity contribution is 0.232. The Morgan fingerprint density at radius 2 is 2.00 bits per heavy atom. The molecule has 0 aliphatic heterocycles. The summed E-state index contributed by atoms with van der Waals surface area (Å²) >= 11 is 0. The third-order valence-corrected chi connectivity index (χ3v) is 3.06. The van der Waals surface area contributed by atoms with Gasteiger partial charge in [-0.3, -0.25) is 9.97 Å². The third kappa shape index (κ3) is 4.12. The summed E-state index contributed by atoms with van der Waals surface area (Å²) in [6, 6.07) is 10.2. The van der Waals surface area contributed by atoms with Crippen LogP contribution in [0, 0.1) is 0 Å². The van der Waals surface area contributed by atoms with Gasteiger partial charge in [-0.15, -0.1) is 0 Å². The molecule has 19 heavy (non-hydrogen) atoms. The van der Waals surface area contributed by atoms with Crippen molar-refractivity contribution in [3.63, 3.8) is 0 Å². The topological polar surface area (TPSA) is 58.0 Å². The van der Waals surface area contributed by atoms with Crippen molar-refractivity contribution in [3.8, 4) is 0 Å². The number of rotatable bonds is 6. The van der Waals surface area contributed by atoms with Gasteiger partial charge in [-0.25, -0.2) is 0 Å². The van der Waals surface area contributed by atoms with Gasteiger partial charge < -0.3 is 10.4 Å². The average molecular weight is 257 g/mol. The Morgan fingerprint density at radius 3 is 2.63 bits per heavy atom. The lowest BCUT2D eigenvalue weighted by atomic mass is 10.1. The molecule has 2 N–H and O–H groups in total. The van der Waals surface area contributed by atoms with E-state index in [1.165, 1.54) is 5.56 Å². The zero-order valence-electron chi connectivity index (χ0n) is 11.0. The molecule has 2 aromatic rings. The quantitative estimate of drug-likeness (QED) is 0.827. The maximum absolute atomic E-state index is 9.48. The van der Waals surface area contributed by atoms with Gasteiger partial charge in [-0.2, -0.15) is 0 Å². The molecule has 100 valence electrons. The smallest absolute Gasteiger partial charge is 0.0753 e. The second kappa shape index (κ2) is 6.97. The van der Waals surface area contributed by atoms with E-state index in [0.29, 0.717) is 0 Å². The summed E-state index contributed by atoms with van der Waals surface area (Å²) in [6.45, 7) is 2.12. The fourth-order valence-electron chi connectivity index (χ4n) is 2.05. The van der Waals surface area contributed by atoms with Crippen molar-refractivity contribution in [2.24, 2.45) is 0 Å². The highest BCUT2D eigenvalue weighted by atomic mass is 16.3. The first-order chi connectivity index (χ1) is 9.29. The van der Waals surface area contributed by atoms with Crippen molar-refractivity contribution in [2.75, 3.05) is 6.61 Å². The molecule has 1 heterocycles. The first kappa shape index (κ1) is 13.6. The predicted octanol–water partition coefficient (Wildman–Crippen LogP) is 1.73. The molecule has 1 aromatic carbocycles. The average Bonchev–Trinajstić information content (AvgIpc) is 2.48. The first-order valence-corrected chi connectivity index (χ1v) is 6.46. The van der Waals surface area contributed by atoms with Gasteiger partial charge in [0, 0.05) is 30.7 Å². The van der Waals surface area contributed by atoms with Crippen LogP contribution in [-0.2, 0) is 6.42 Å². The van der Waals surface area contributed by atoms with Crippen LogP contribution in [0.4, 0.5) is 0 Å². The number of aromatic nitrogens is 2. The van der Waals surface area contributed by atoms with E-state index in [4.69, 9.17) is 0 Å². The van der Waals surface area contributed by atoms with E-state index in [1.807, 2.05) is 25.1 Å². The fraction of sp³-hybridized carbons (Fsp3) is 0.333. The Hall–Kier alpha value is -1.78. The second-order valence-corrected chi connectivity index (χ2v) is 4.59. The molecule has 4 nitrogen and oxygen atoms in total. The monoisotopic (exact) mass is 257 g/mol. The summed E-state index contributed by atoms with van der Waals surface area (Å²) in [5.74, 6) is 0. The van der Waals surface area contributed by atoms with E-state index in [0.717, 1.165) is 12.1 Å². The molecular formula is C15H19N3O. The van der Waals surface area contributed by atoms with Crippen molar-refractivity contribution in [1.29, 1.82) is 0 Å². The Bertz CT molecular complexity index is 475. The van der Waals surface area contributed by atoms with Crippen LogP contribution in [0.15, 0.2) is 48.9 Å². The van der Waals surface area contributed by atoms with Gasteiger partial charge in [0.05, 0.1) is 12.3 Å². The molecule has 1 unspecified atom stereocenters. The van der Waals surface area contributed by atoms with Crippen LogP contribution in [0.2, 0.25) is 0 Å². The van der Waals surface area contributed by atoms with E-state index in [-0.39, 0.29) is 18.7 Å². The van der Waals surface area contributed by atoms with Crippen LogP contribution in [0.3, 0.4) is 0 Å². The minimum atomic E-state index is 0.0133. The van der Waals surface area contributed by atoms with Gasteiger partial charge in [0.25, 0.3) is 0 Å². The van der Waals surface area contributed by atoms with Gasteiger partial charge in [0.15, 0.2) is 0 Å². The van der Waals surface area contributed by atoms with Crippen molar-refractivity contribution in [1.82, 2.24) is 15.3 Å². The van der Waals surface area contributed by atoms with Crippen LogP contribution >= 0.6 is 0 Å². The van der Waals surface area contributed by atoms with Crippen LogP contribution in [0.1, 0.15) is 24.2 Å². The summed E-state index contributed by atoms with van der Waals surface area (Å²) in [5.41, 5.74) is 2.09. The number of benzene rings is 1. The Labute approximate surface area is 113 Å². The first-order valence-electron chi connectivity index (χ1n) is 6.46. The molecule has 4 heteroatoms. The molecule has 0 spiro atoms. The molecule has 2 atom stereocenters. The Morgan fingerprint density at radius 1 is 1.21 bits per heavy atom. The number of hydrogen-bond donors (Lipinski definition) is 2. The molecular weight excluding hydrogens is 238 g/mol. The Balaban J connectivity index is 1.96. The number of nitrogens with one attached hydrogen (secondary N) is 1. The highest BCUT2D eigenvalue weighted by Gasteiger charge is 2.14. The zero-order chi connectivity index (χ0) is 13.5. The van der Waals surface area contributed by atoms with Crippen molar-refractivity contribution in [3.05, 3.63) is 60.2 Å². The number of aliphatic hydroxyl groups excluding tert-OH is 1. The number of nitrogens with zero attached hydrogens (tertiary/aromatic N) is 2. The summed E-state index contributed by atoms with van der Waals surface area (Å²) in [6.07, 6.45) is 5.87. The van der Waals surface area contributed by atoms with Gasteiger partial charge in [0.2, 0.25) is 0 Å². The molecule has 0 radical (unpaired) electrons. The molecule has 0 aliphatic carbocycles. The van der Waals surface area contributed by atoms with Gasteiger partial charge in [-0.1, -0.05) is 30.3 Å². The molecule has 2 rings (SSSR count). The number of hydrogen-bond acceptors (Lipinski definition) is 4. The summed E-state index contributed by atoms with van der Waals surface area (Å²) < 4.78 is 0. The number of aliphatic hydroxyl groups is 1. The van der Waals surface area contributed by atoms with Crippen molar-refractivity contribution in [2.45, 2.75) is 25.4 Å².